The first-order valence-corrected chi connectivity index (χ1v) is 11.1. The normalized spacial score (nSPS) is 11.5. The number of aromatic nitrogens is 2. The van der Waals surface area contributed by atoms with Gasteiger partial charge >= 0.3 is 0 Å². The zero-order valence-corrected chi connectivity index (χ0v) is 19.1. The third-order valence-corrected chi connectivity index (χ3v) is 6.21. The molecular weight excluding hydrogens is 422 g/mol. The zero-order valence-electron chi connectivity index (χ0n) is 18.3. The molecule has 0 aliphatic carbocycles. The van der Waals surface area contributed by atoms with Gasteiger partial charge in [-0.15, -0.1) is 11.3 Å². The summed E-state index contributed by atoms with van der Waals surface area (Å²) in [4.78, 5) is 37.2. The highest BCUT2D eigenvalue weighted by Gasteiger charge is 2.22. The van der Waals surface area contributed by atoms with Crippen LogP contribution in [0.25, 0.3) is 21.2 Å². The molecule has 2 N–H and O–H groups in total. The molecule has 0 spiro atoms. The van der Waals surface area contributed by atoms with Crippen LogP contribution in [0.1, 0.15) is 49.3 Å². The average Bonchev–Trinajstić information content (AvgIpc) is 3.19. The fourth-order valence-corrected chi connectivity index (χ4v) is 4.60. The van der Waals surface area contributed by atoms with Crippen molar-refractivity contribution in [1.82, 2.24) is 10.2 Å². The minimum atomic E-state index is -0.345. The summed E-state index contributed by atoms with van der Waals surface area (Å²) in [6.45, 7) is 7.73. The molecule has 0 unspecified atom stereocenters. The first kappa shape index (κ1) is 21.6. The first-order valence-electron chi connectivity index (χ1n) is 10.2. The monoisotopic (exact) mass is 445 g/mol. The van der Waals surface area contributed by atoms with Crippen LogP contribution in [0.2, 0.25) is 0 Å². The number of thiophene rings is 1. The van der Waals surface area contributed by atoms with Gasteiger partial charge in [-0.3, -0.25) is 14.4 Å². The molecule has 0 saturated heterocycles. The van der Waals surface area contributed by atoms with Gasteiger partial charge in [0.1, 0.15) is 5.69 Å². The van der Waals surface area contributed by atoms with Crippen LogP contribution in [0, 0.1) is 0 Å². The van der Waals surface area contributed by atoms with Crippen molar-refractivity contribution >= 4 is 38.8 Å². The van der Waals surface area contributed by atoms with Gasteiger partial charge in [0.15, 0.2) is 0 Å². The van der Waals surface area contributed by atoms with Gasteiger partial charge in [0.05, 0.1) is 10.1 Å². The molecule has 1 amide bonds. The van der Waals surface area contributed by atoms with E-state index in [4.69, 9.17) is 0 Å². The molecule has 0 aliphatic rings. The van der Waals surface area contributed by atoms with E-state index < -0.39 is 0 Å². The van der Waals surface area contributed by atoms with Crippen LogP contribution in [-0.2, 0) is 10.2 Å². The SMILES string of the molecule is CC(=O)Nc1ccc(-c2csc3c(C(=O)c4cccc(C(C)(C)C)c4)n[nH]c(=O)c23)cc1. The third-order valence-electron chi connectivity index (χ3n) is 5.22. The van der Waals surface area contributed by atoms with Crippen LogP contribution in [-0.4, -0.2) is 21.9 Å². The standard InChI is InChI=1S/C25H23N3O3S/c1-14(29)26-18-10-8-15(9-11-18)19-13-32-23-20(19)24(31)28-27-21(23)22(30)16-6-5-7-17(12-16)25(2,3)4/h5-13H,1-4H3,(H,26,29)(H,28,31). The molecule has 0 fully saturated rings. The summed E-state index contributed by atoms with van der Waals surface area (Å²) in [6, 6.07) is 14.7. The number of hydrogen-bond acceptors (Lipinski definition) is 5. The molecule has 6 nitrogen and oxygen atoms in total. The van der Waals surface area contributed by atoms with Gasteiger partial charge in [-0.2, -0.15) is 5.10 Å². The molecule has 2 aromatic heterocycles. The summed E-state index contributed by atoms with van der Waals surface area (Å²) in [6.07, 6.45) is 0. The number of amides is 1. The molecule has 4 aromatic rings. The van der Waals surface area contributed by atoms with Crippen LogP contribution < -0.4 is 10.9 Å². The van der Waals surface area contributed by atoms with E-state index in [1.54, 1.807) is 18.2 Å². The van der Waals surface area contributed by atoms with Crippen LogP contribution in [0.15, 0.2) is 58.7 Å². The summed E-state index contributed by atoms with van der Waals surface area (Å²) in [5.74, 6) is -0.383. The highest BCUT2D eigenvalue weighted by molar-refractivity contribution is 7.18. The number of nitrogens with one attached hydrogen (secondary N) is 2. The van der Waals surface area contributed by atoms with E-state index in [1.165, 1.54) is 18.3 Å². The van der Waals surface area contributed by atoms with Gasteiger partial charge in [-0.25, -0.2) is 5.10 Å². The number of rotatable bonds is 4. The molecule has 0 aliphatic heterocycles. The number of anilines is 1. The predicted octanol–water partition coefficient (Wildman–Crippen LogP) is 5.14. The fraction of sp³-hybridized carbons (Fsp3) is 0.200. The zero-order chi connectivity index (χ0) is 23.0. The van der Waals surface area contributed by atoms with E-state index in [-0.39, 0.29) is 28.4 Å². The van der Waals surface area contributed by atoms with Gasteiger partial charge in [0.2, 0.25) is 11.7 Å². The molecule has 0 bridgehead atoms. The molecule has 4 rings (SSSR count). The quantitative estimate of drug-likeness (QED) is 0.426. The lowest BCUT2D eigenvalue weighted by Gasteiger charge is -2.19. The Morgan fingerprint density at radius 3 is 2.44 bits per heavy atom. The Bertz CT molecular complexity index is 1390. The highest BCUT2D eigenvalue weighted by atomic mass is 32.1. The van der Waals surface area contributed by atoms with E-state index in [9.17, 15) is 14.4 Å². The Kier molecular flexibility index (Phi) is 5.52. The van der Waals surface area contributed by atoms with Crippen molar-refractivity contribution in [2.45, 2.75) is 33.1 Å². The van der Waals surface area contributed by atoms with Crippen molar-refractivity contribution in [1.29, 1.82) is 0 Å². The Labute approximate surface area is 189 Å². The van der Waals surface area contributed by atoms with Crippen molar-refractivity contribution in [3.05, 3.63) is 81.1 Å². The second kappa shape index (κ2) is 8.16. The van der Waals surface area contributed by atoms with Crippen molar-refractivity contribution in [2.75, 3.05) is 5.32 Å². The maximum atomic E-state index is 13.3. The number of nitrogens with zero attached hydrogens (tertiary/aromatic N) is 1. The topological polar surface area (TPSA) is 91.9 Å². The van der Waals surface area contributed by atoms with Gasteiger partial charge in [-0.05, 0) is 34.7 Å². The predicted molar refractivity (Wildman–Crippen MR) is 129 cm³/mol. The van der Waals surface area contributed by atoms with Crippen LogP contribution in [0.3, 0.4) is 0 Å². The molecule has 0 atom stereocenters. The maximum absolute atomic E-state index is 13.3. The lowest BCUT2D eigenvalue weighted by atomic mass is 9.85. The summed E-state index contributed by atoms with van der Waals surface area (Å²) in [5, 5.41) is 11.6. The van der Waals surface area contributed by atoms with Gasteiger partial charge in [-0.1, -0.05) is 51.1 Å². The largest absolute Gasteiger partial charge is 0.326 e. The Morgan fingerprint density at radius 2 is 1.78 bits per heavy atom. The minimum absolute atomic E-state index is 0.0937. The smallest absolute Gasteiger partial charge is 0.273 e. The number of fused-ring (bicyclic) bond motifs is 1. The van der Waals surface area contributed by atoms with Crippen LogP contribution in [0.5, 0.6) is 0 Å². The van der Waals surface area contributed by atoms with E-state index in [0.717, 1.165) is 16.7 Å². The molecule has 7 heteroatoms. The Morgan fingerprint density at radius 1 is 1.06 bits per heavy atom. The lowest BCUT2D eigenvalue weighted by Crippen LogP contribution is -2.16. The lowest BCUT2D eigenvalue weighted by molar-refractivity contribution is -0.114. The molecule has 32 heavy (non-hydrogen) atoms. The van der Waals surface area contributed by atoms with Crippen molar-refractivity contribution in [2.24, 2.45) is 0 Å². The molecule has 2 heterocycles. The maximum Gasteiger partial charge on any atom is 0.273 e. The Balaban J connectivity index is 1.79. The number of hydrogen-bond donors (Lipinski definition) is 2. The number of aromatic amines is 1. The van der Waals surface area contributed by atoms with Crippen molar-refractivity contribution in [3.63, 3.8) is 0 Å². The molecule has 0 saturated carbocycles. The second-order valence-electron chi connectivity index (χ2n) is 8.67. The fourth-order valence-electron chi connectivity index (χ4n) is 3.54. The van der Waals surface area contributed by atoms with E-state index in [0.29, 0.717) is 21.3 Å². The summed E-state index contributed by atoms with van der Waals surface area (Å²) < 4.78 is 0.556. The number of benzene rings is 2. The van der Waals surface area contributed by atoms with E-state index >= 15 is 0 Å². The molecular formula is C25H23N3O3S. The van der Waals surface area contributed by atoms with Gasteiger partial charge in [0.25, 0.3) is 5.56 Å². The van der Waals surface area contributed by atoms with E-state index in [1.807, 2.05) is 35.7 Å². The average molecular weight is 446 g/mol. The highest BCUT2D eigenvalue weighted by Crippen LogP contribution is 2.34. The Hall–Kier alpha value is -3.58. The van der Waals surface area contributed by atoms with Gasteiger partial charge < -0.3 is 5.32 Å². The number of carbonyl (C=O) groups excluding carboxylic acids is 2. The minimum Gasteiger partial charge on any atom is -0.326 e. The first-order chi connectivity index (χ1) is 15.1. The second-order valence-corrected chi connectivity index (χ2v) is 9.55. The van der Waals surface area contributed by atoms with Gasteiger partial charge in [0, 0.05) is 29.1 Å². The van der Waals surface area contributed by atoms with Crippen molar-refractivity contribution < 1.29 is 9.59 Å². The summed E-state index contributed by atoms with van der Waals surface area (Å²) in [7, 11) is 0. The van der Waals surface area contributed by atoms with Crippen LogP contribution >= 0.6 is 11.3 Å². The number of H-pyrrole nitrogens is 1. The van der Waals surface area contributed by atoms with Crippen molar-refractivity contribution in [3.8, 4) is 11.1 Å². The molecule has 0 radical (unpaired) electrons. The number of ketones is 1. The molecule has 162 valence electrons. The number of carbonyl (C=O) groups is 2. The summed E-state index contributed by atoms with van der Waals surface area (Å²) in [5.41, 5.74) is 3.59. The molecule has 2 aromatic carbocycles. The van der Waals surface area contributed by atoms with E-state index in [2.05, 4.69) is 36.3 Å². The third kappa shape index (κ3) is 4.11. The van der Waals surface area contributed by atoms with Crippen LogP contribution in [0.4, 0.5) is 5.69 Å². The summed E-state index contributed by atoms with van der Waals surface area (Å²) >= 11 is 1.32.